The van der Waals surface area contributed by atoms with Gasteiger partial charge in [0.15, 0.2) is 0 Å². The topological polar surface area (TPSA) is 55.4 Å². The molecule has 0 bridgehead atoms. The van der Waals surface area contributed by atoms with Crippen LogP contribution in [0.5, 0.6) is 0 Å². The highest BCUT2D eigenvalue weighted by Gasteiger charge is 2.12. The molecular formula is C11H25NO3S. The zero-order valence-corrected chi connectivity index (χ0v) is 11.8. The second-order valence-electron chi connectivity index (χ2n) is 4.99. The zero-order chi connectivity index (χ0) is 12.8. The molecule has 0 amide bonds. The van der Waals surface area contributed by atoms with E-state index in [0.29, 0.717) is 12.5 Å². The predicted octanol–water partition coefficient (Wildman–Crippen LogP) is 1.07. The molecular weight excluding hydrogens is 226 g/mol. The molecule has 16 heavy (non-hydrogen) atoms. The van der Waals surface area contributed by atoms with Gasteiger partial charge < -0.3 is 10.1 Å². The van der Waals surface area contributed by atoms with Crippen LogP contribution in [-0.4, -0.2) is 45.7 Å². The first-order valence-corrected chi connectivity index (χ1v) is 7.78. The number of hydrogen-bond acceptors (Lipinski definition) is 4. The summed E-state index contributed by atoms with van der Waals surface area (Å²) in [7, 11) is -2.91. The van der Waals surface area contributed by atoms with Crippen molar-refractivity contribution < 1.29 is 13.2 Å². The molecule has 0 aliphatic carbocycles. The van der Waals surface area contributed by atoms with Crippen molar-refractivity contribution in [2.24, 2.45) is 5.92 Å². The Hall–Kier alpha value is -0.130. The normalized spacial score (nSPS) is 16.4. The molecule has 0 aliphatic heterocycles. The number of rotatable bonds is 8. The molecule has 0 heterocycles. The molecule has 0 rings (SSSR count). The second kappa shape index (κ2) is 7.25. The summed E-state index contributed by atoms with van der Waals surface area (Å²) in [5.41, 5.74) is 0. The van der Waals surface area contributed by atoms with Gasteiger partial charge in [0.05, 0.1) is 12.4 Å². The molecule has 2 unspecified atom stereocenters. The van der Waals surface area contributed by atoms with Gasteiger partial charge in [-0.1, -0.05) is 13.8 Å². The van der Waals surface area contributed by atoms with Crippen LogP contribution in [0, 0.1) is 5.92 Å². The summed E-state index contributed by atoms with van der Waals surface area (Å²) >= 11 is 0. The van der Waals surface area contributed by atoms with Crippen LogP contribution in [0.1, 0.15) is 27.7 Å². The van der Waals surface area contributed by atoms with Gasteiger partial charge >= 0.3 is 0 Å². The van der Waals surface area contributed by atoms with Crippen LogP contribution < -0.4 is 5.32 Å². The minimum atomic E-state index is -2.91. The van der Waals surface area contributed by atoms with Gasteiger partial charge in [0, 0.05) is 24.9 Å². The Morgan fingerprint density at radius 1 is 1.06 bits per heavy atom. The van der Waals surface area contributed by atoms with Crippen molar-refractivity contribution >= 4 is 9.84 Å². The Kier molecular flexibility index (Phi) is 7.19. The Bertz CT molecular complexity index is 275. The molecule has 98 valence electrons. The fourth-order valence-electron chi connectivity index (χ4n) is 1.52. The maximum absolute atomic E-state index is 11.1. The average molecular weight is 251 g/mol. The minimum absolute atomic E-state index is 0.0346. The Labute approximate surface area is 99.7 Å². The van der Waals surface area contributed by atoms with Crippen LogP contribution in [0.3, 0.4) is 0 Å². The quantitative estimate of drug-likeness (QED) is 0.701. The van der Waals surface area contributed by atoms with Crippen LogP contribution in [-0.2, 0) is 14.6 Å². The first-order chi connectivity index (χ1) is 7.20. The number of hydrogen-bond donors (Lipinski definition) is 1. The number of ether oxygens (including phenoxy) is 1. The van der Waals surface area contributed by atoms with E-state index in [1.54, 1.807) is 0 Å². The summed E-state index contributed by atoms with van der Waals surface area (Å²) in [6, 6.07) is 0.142. The number of sulfone groups is 1. The Balaban J connectivity index is 3.74. The van der Waals surface area contributed by atoms with Gasteiger partial charge in [0.25, 0.3) is 0 Å². The lowest BCUT2D eigenvalue weighted by molar-refractivity contribution is 0.0921. The Morgan fingerprint density at radius 2 is 1.62 bits per heavy atom. The first-order valence-electron chi connectivity index (χ1n) is 5.72. The lowest BCUT2D eigenvalue weighted by Gasteiger charge is -2.19. The molecule has 0 saturated carbocycles. The third-order valence-corrected chi connectivity index (χ3v) is 3.05. The van der Waals surface area contributed by atoms with Crippen LogP contribution in [0.2, 0.25) is 0 Å². The summed E-state index contributed by atoms with van der Waals surface area (Å²) in [5, 5.41) is 3.21. The van der Waals surface area contributed by atoms with Crippen molar-refractivity contribution in [1.29, 1.82) is 0 Å². The minimum Gasteiger partial charge on any atom is -0.380 e. The first kappa shape index (κ1) is 15.9. The van der Waals surface area contributed by atoms with E-state index >= 15 is 0 Å². The van der Waals surface area contributed by atoms with Crippen molar-refractivity contribution in [1.82, 2.24) is 5.32 Å². The zero-order valence-electron chi connectivity index (χ0n) is 11.0. The fourth-order valence-corrected chi connectivity index (χ4v) is 2.52. The van der Waals surface area contributed by atoms with Gasteiger partial charge in [-0.15, -0.1) is 0 Å². The molecule has 0 spiro atoms. The van der Waals surface area contributed by atoms with E-state index in [4.69, 9.17) is 4.74 Å². The third kappa shape index (κ3) is 10.4. The van der Waals surface area contributed by atoms with Gasteiger partial charge in [-0.25, -0.2) is 8.42 Å². The van der Waals surface area contributed by atoms with Crippen molar-refractivity contribution in [3.63, 3.8) is 0 Å². The smallest absolute Gasteiger partial charge is 0.148 e. The largest absolute Gasteiger partial charge is 0.380 e. The molecule has 0 radical (unpaired) electrons. The molecule has 0 aromatic carbocycles. The van der Waals surface area contributed by atoms with Gasteiger partial charge in [-0.2, -0.15) is 0 Å². The molecule has 5 heteroatoms. The molecule has 0 aliphatic rings. The number of nitrogens with one attached hydrogen (secondary N) is 1. The fraction of sp³-hybridized carbons (Fsp3) is 1.00. The van der Waals surface area contributed by atoms with Crippen molar-refractivity contribution in [3.8, 4) is 0 Å². The van der Waals surface area contributed by atoms with Gasteiger partial charge in [0.1, 0.15) is 9.84 Å². The van der Waals surface area contributed by atoms with Crippen molar-refractivity contribution in [2.75, 3.05) is 25.2 Å². The van der Waals surface area contributed by atoms with Crippen LogP contribution >= 0.6 is 0 Å². The standard InChI is InChI=1S/C11H25NO3S/c1-9(2)6-15-7-10(3)12-11(4)8-16(5,13)14/h9-12H,6-8H2,1-5H3. The Morgan fingerprint density at radius 3 is 2.06 bits per heavy atom. The summed E-state index contributed by atoms with van der Waals surface area (Å²) in [4.78, 5) is 0. The van der Waals surface area contributed by atoms with E-state index in [9.17, 15) is 8.42 Å². The van der Waals surface area contributed by atoms with Gasteiger partial charge in [-0.05, 0) is 19.8 Å². The van der Waals surface area contributed by atoms with Crippen LogP contribution in [0.25, 0.3) is 0 Å². The SMILES string of the molecule is CC(C)COCC(C)NC(C)CS(C)(=O)=O. The summed E-state index contributed by atoms with van der Waals surface area (Å²) in [6.07, 6.45) is 1.26. The molecule has 1 N–H and O–H groups in total. The lowest BCUT2D eigenvalue weighted by Crippen LogP contribution is -2.41. The molecule has 2 atom stereocenters. The van der Waals surface area contributed by atoms with Crippen LogP contribution in [0.15, 0.2) is 0 Å². The van der Waals surface area contributed by atoms with E-state index in [0.717, 1.165) is 6.61 Å². The van der Waals surface area contributed by atoms with Crippen LogP contribution in [0.4, 0.5) is 0 Å². The van der Waals surface area contributed by atoms with Crippen molar-refractivity contribution in [2.45, 2.75) is 39.8 Å². The molecule has 0 aromatic heterocycles. The highest BCUT2D eigenvalue weighted by molar-refractivity contribution is 7.90. The average Bonchev–Trinajstić information content (AvgIpc) is 1.98. The molecule has 4 nitrogen and oxygen atoms in total. The van der Waals surface area contributed by atoms with E-state index < -0.39 is 9.84 Å². The monoisotopic (exact) mass is 251 g/mol. The predicted molar refractivity (Wildman–Crippen MR) is 67.4 cm³/mol. The summed E-state index contributed by atoms with van der Waals surface area (Å²) in [6.45, 7) is 9.44. The maximum atomic E-state index is 11.1. The summed E-state index contributed by atoms with van der Waals surface area (Å²) in [5.74, 6) is 0.697. The van der Waals surface area contributed by atoms with Crippen molar-refractivity contribution in [3.05, 3.63) is 0 Å². The highest BCUT2D eigenvalue weighted by atomic mass is 32.2. The maximum Gasteiger partial charge on any atom is 0.148 e. The van der Waals surface area contributed by atoms with E-state index in [1.807, 2.05) is 13.8 Å². The third-order valence-electron chi connectivity index (χ3n) is 1.94. The van der Waals surface area contributed by atoms with Gasteiger partial charge in [-0.3, -0.25) is 0 Å². The van der Waals surface area contributed by atoms with E-state index in [2.05, 4.69) is 19.2 Å². The van der Waals surface area contributed by atoms with Gasteiger partial charge in [0.2, 0.25) is 0 Å². The summed E-state index contributed by atoms with van der Waals surface area (Å²) < 4.78 is 27.6. The molecule has 0 saturated heterocycles. The van der Waals surface area contributed by atoms with E-state index in [-0.39, 0.29) is 17.8 Å². The molecule has 0 fully saturated rings. The van der Waals surface area contributed by atoms with E-state index in [1.165, 1.54) is 6.26 Å². The second-order valence-corrected chi connectivity index (χ2v) is 7.18. The highest BCUT2D eigenvalue weighted by Crippen LogP contribution is 1.96. The molecule has 0 aromatic rings. The lowest BCUT2D eigenvalue weighted by atomic mass is 10.2.